The van der Waals surface area contributed by atoms with Crippen molar-refractivity contribution in [1.29, 1.82) is 0 Å². The van der Waals surface area contributed by atoms with Crippen molar-refractivity contribution in [2.45, 2.75) is 26.2 Å². The molecule has 3 rings (SSSR count). The molecular formula is C16H16N2O2S. The molecule has 0 fully saturated rings. The maximum atomic E-state index is 10.9. The summed E-state index contributed by atoms with van der Waals surface area (Å²) in [6.07, 6.45) is 3.47. The number of carboxylic acid groups (broad SMARTS) is 1. The third kappa shape index (κ3) is 2.56. The van der Waals surface area contributed by atoms with Crippen LogP contribution in [0.3, 0.4) is 0 Å². The molecule has 0 amide bonds. The van der Waals surface area contributed by atoms with Crippen molar-refractivity contribution in [3.63, 3.8) is 0 Å². The Morgan fingerprint density at radius 3 is 2.38 bits per heavy atom. The van der Waals surface area contributed by atoms with Gasteiger partial charge in [0.05, 0.1) is 5.69 Å². The van der Waals surface area contributed by atoms with E-state index < -0.39 is 5.97 Å². The number of benzene rings is 1. The molecule has 0 radical (unpaired) electrons. The van der Waals surface area contributed by atoms with E-state index in [4.69, 9.17) is 5.11 Å². The molecule has 2 heterocycles. The smallest absolute Gasteiger partial charge is 0.347 e. The van der Waals surface area contributed by atoms with E-state index in [-0.39, 0.29) is 5.41 Å². The number of aromatic carboxylic acids is 1. The molecule has 0 unspecified atom stereocenters. The van der Waals surface area contributed by atoms with E-state index in [9.17, 15) is 4.79 Å². The minimum absolute atomic E-state index is 0.128. The Morgan fingerprint density at radius 2 is 1.86 bits per heavy atom. The highest BCUT2D eigenvalue weighted by atomic mass is 32.1. The van der Waals surface area contributed by atoms with Crippen LogP contribution in [0.15, 0.2) is 36.7 Å². The summed E-state index contributed by atoms with van der Waals surface area (Å²) < 4.78 is 1.77. The van der Waals surface area contributed by atoms with Gasteiger partial charge in [-0.2, -0.15) is 0 Å². The zero-order valence-corrected chi connectivity index (χ0v) is 12.9. The summed E-state index contributed by atoms with van der Waals surface area (Å²) in [5, 5.41) is 8.97. The van der Waals surface area contributed by atoms with Crippen LogP contribution in [0.25, 0.3) is 16.2 Å². The van der Waals surface area contributed by atoms with E-state index in [0.717, 1.165) is 11.3 Å². The highest BCUT2D eigenvalue weighted by molar-refractivity contribution is 7.18. The standard InChI is InChI=1S/C16H16N2O2S/c1-16(2,3)11-6-4-10(5-7-11)12-8-18-9-13(14(19)20)21-15(18)17-12/h4-9H,1-3H3,(H,19,20). The van der Waals surface area contributed by atoms with E-state index >= 15 is 0 Å². The number of carboxylic acids is 1. The lowest BCUT2D eigenvalue weighted by atomic mass is 9.86. The van der Waals surface area contributed by atoms with E-state index in [2.05, 4.69) is 50.0 Å². The lowest BCUT2D eigenvalue weighted by Crippen LogP contribution is -2.10. The third-order valence-electron chi connectivity index (χ3n) is 3.41. The van der Waals surface area contributed by atoms with Gasteiger partial charge in [-0.1, -0.05) is 56.4 Å². The first-order chi connectivity index (χ1) is 9.84. The number of carbonyl (C=O) groups is 1. The lowest BCUT2D eigenvalue weighted by molar-refractivity contribution is 0.0702. The molecule has 0 atom stereocenters. The average molecular weight is 300 g/mol. The van der Waals surface area contributed by atoms with Crippen molar-refractivity contribution in [2.75, 3.05) is 0 Å². The van der Waals surface area contributed by atoms with Gasteiger partial charge in [-0.25, -0.2) is 9.78 Å². The first-order valence-corrected chi connectivity index (χ1v) is 7.49. The Labute approximate surface area is 126 Å². The lowest BCUT2D eigenvalue weighted by Gasteiger charge is -2.18. The van der Waals surface area contributed by atoms with Crippen molar-refractivity contribution in [2.24, 2.45) is 0 Å². The maximum absolute atomic E-state index is 10.9. The molecule has 0 spiro atoms. The van der Waals surface area contributed by atoms with Gasteiger partial charge in [-0.15, -0.1) is 0 Å². The summed E-state index contributed by atoms with van der Waals surface area (Å²) in [7, 11) is 0. The second kappa shape index (κ2) is 4.70. The van der Waals surface area contributed by atoms with Crippen LogP contribution in [0.2, 0.25) is 0 Å². The fraction of sp³-hybridized carbons (Fsp3) is 0.250. The second-order valence-corrected chi connectivity index (χ2v) is 7.05. The number of imidazole rings is 1. The van der Waals surface area contributed by atoms with Crippen molar-refractivity contribution in [3.05, 3.63) is 47.1 Å². The molecule has 0 aliphatic carbocycles. The Morgan fingerprint density at radius 1 is 1.19 bits per heavy atom. The summed E-state index contributed by atoms with van der Waals surface area (Å²) in [5.41, 5.74) is 3.30. The fourth-order valence-corrected chi connectivity index (χ4v) is 2.98. The van der Waals surface area contributed by atoms with Gasteiger partial charge >= 0.3 is 5.97 Å². The molecular weight excluding hydrogens is 284 g/mol. The van der Waals surface area contributed by atoms with E-state index in [0.29, 0.717) is 9.84 Å². The predicted molar refractivity (Wildman–Crippen MR) is 84.2 cm³/mol. The minimum atomic E-state index is -0.915. The quantitative estimate of drug-likeness (QED) is 0.776. The van der Waals surface area contributed by atoms with Crippen molar-refractivity contribution in [1.82, 2.24) is 9.38 Å². The summed E-state index contributed by atoms with van der Waals surface area (Å²) in [4.78, 5) is 16.4. The molecule has 1 aromatic carbocycles. The van der Waals surface area contributed by atoms with Gasteiger partial charge in [0.25, 0.3) is 0 Å². The number of nitrogens with zero attached hydrogens (tertiary/aromatic N) is 2. The monoisotopic (exact) mass is 300 g/mol. The number of aromatic nitrogens is 2. The Kier molecular flexibility index (Phi) is 3.10. The van der Waals surface area contributed by atoms with Crippen molar-refractivity contribution in [3.8, 4) is 11.3 Å². The molecule has 0 saturated heterocycles. The Balaban J connectivity index is 1.96. The summed E-state index contributed by atoms with van der Waals surface area (Å²) in [6, 6.07) is 8.35. The first-order valence-electron chi connectivity index (χ1n) is 6.67. The Hall–Kier alpha value is -2.14. The van der Waals surface area contributed by atoms with E-state index in [1.54, 1.807) is 10.6 Å². The van der Waals surface area contributed by atoms with E-state index in [1.807, 2.05) is 6.20 Å². The molecule has 108 valence electrons. The van der Waals surface area contributed by atoms with Crippen LogP contribution in [0.5, 0.6) is 0 Å². The number of thiazole rings is 1. The molecule has 0 saturated carbocycles. The zero-order valence-electron chi connectivity index (χ0n) is 12.1. The highest BCUT2D eigenvalue weighted by Crippen LogP contribution is 2.27. The van der Waals surface area contributed by atoms with Gasteiger partial charge in [0.2, 0.25) is 0 Å². The van der Waals surface area contributed by atoms with Crippen LogP contribution in [-0.4, -0.2) is 20.5 Å². The minimum Gasteiger partial charge on any atom is -0.477 e. The van der Waals surface area contributed by atoms with Gasteiger partial charge in [0.15, 0.2) is 4.96 Å². The number of rotatable bonds is 2. The zero-order chi connectivity index (χ0) is 15.2. The summed E-state index contributed by atoms with van der Waals surface area (Å²) >= 11 is 1.18. The van der Waals surface area contributed by atoms with Crippen LogP contribution in [0, 0.1) is 0 Å². The largest absolute Gasteiger partial charge is 0.477 e. The highest BCUT2D eigenvalue weighted by Gasteiger charge is 2.15. The van der Waals surface area contributed by atoms with Crippen LogP contribution in [0.1, 0.15) is 36.0 Å². The fourth-order valence-electron chi connectivity index (χ4n) is 2.17. The molecule has 1 N–H and O–H groups in total. The first kappa shape index (κ1) is 13.8. The van der Waals surface area contributed by atoms with Gasteiger partial charge in [0.1, 0.15) is 4.88 Å². The van der Waals surface area contributed by atoms with Crippen LogP contribution >= 0.6 is 11.3 Å². The molecule has 0 aliphatic rings. The molecule has 0 aliphatic heterocycles. The van der Waals surface area contributed by atoms with Crippen molar-refractivity contribution < 1.29 is 9.90 Å². The summed E-state index contributed by atoms with van der Waals surface area (Å²) in [6.45, 7) is 6.55. The molecule has 21 heavy (non-hydrogen) atoms. The van der Waals surface area contributed by atoms with Crippen molar-refractivity contribution >= 4 is 22.3 Å². The maximum Gasteiger partial charge on any atom is 0.347 e. The van der Waals surface area contributed by atoms with Gasteiger partial charge < -0.3 is 5.11 Å². The van der Waals surface area contributed by atoms with Gasteiger partial charge in [-0.05, 0) is 11.0 Å². The van der Waals surface area contributed by atoms with Gasteiger partial charge in [-0.3, -0.25) is 4.40 Å². The van der Waals surface area contributed by atoms with E-state index in [1.165, 1.54) is 16.9 Å². The Bertz CT molecular complexity index is 776. The van der Waals surface area contributed by atoms with Crippen LogP contribution in [-0.2, 0) is 5.41 Å². The van der Waals surface area contributed by atoms with Crippen LogP contribution < -0.4 is 0 Å². The molecule has 4 nitrogen and oxygen atoms in total. The average Bonchev–Trinajstić information content (AvgIpc) is 2.95. The number of fused-ring (bicyclic) bond motifs is 1. The molecule has 2 aromatic heterocycles. The van der Waals surface area contributed by atoms with Gasteiger partial charge in [0, 0.05) is 18.0 Å². The number of hydrogen-bond acceptors (Lipinski definition) is 3. The third-order valence-corrected chi connectivity index (χ3v) is 4.40. The second-order valence-electron chi connectivity index (χ2n) is 6.04. The molecule has 0 bridgehead atoms. The molecule has 3 aromatic rings. The normalized spacial score (nSPS) is 12.0. The molecule has 5 heteroatoms. The predicted octanol–water partition coefficient (Wildman–Crippen LogP) is 4.06. The van der Waals surface area contributed by atoms with Crippen LogP contribution in [0.4, 0.5) is 0 Å². The summed E-state index contributed by atoms with van der Waals surface area (Å²) in [5.74, 6) is -0.915. The number of hydrogen-bond donors (Lipinski definition) is 1. The SMILES string of the molecule is CC(C)(C)c1ccc(-c2cn3cc(C(=O)O)sc3n2)cc1. The topological polar surface area (TPSA) is 54.6 Å².